The molecule has 0 bridgehead atoms. The lowest BCUT2D eigenvalue weighted by molar-refractivity contribution is 0.112. The van der Waals surface area contributed by atoms with Crippen molar-refractivity contribution < 1.29 is 9.53 Å². The average molecular weight is 310 g/mol. The van der Waals surface area contributed by atoms with E-state index in [1.165, 1.54) is 5.69 Å². The fourth-order valence-electron chi connectivity index (χ4n) is 2.80. The molecule has 0 N–H and O–H groups in total. The van der Waals surface area contributed by atoms with Crippen LogP contribution in [0.5, 0.6) is 5.75 Å². The van der Waals surface area contributed by atoms with Crippen molar-refractivity contribution in [3.8, 4) is 5.75 Å². The summed E-state index contributed by atoms with van der Waals surface area (Å²) in [6.07, 6.45) is 0.843. The minimum absolute atomic E-state index is 0.672. The lowest BCUT2D eigenvalue weighted by Crippen LogP contribution is -2.47. The number of nitrogens with zero attached hydrogens (tertiary/aromatic N) is 2. The third-order valence-corrected chi connectivity index (χ3v) is 4.19. The molecular weight excluding hydrogens is 288 g/mol. The molecule has 0 amide bonds. The van der Waals surface area contributed by atoms with Crippen LogP contribution in [0, 0.1) is 0 Å². The highest BCUT2D eigenvalue weighted by Crippen LogP contribution is 2.15. The molecule has 0 aromatic heterocycles. The summed E-state index contributed by atoms with van der Waals surface area (Å²) in [5, 5.41) is 0. The predicted octanol–water partition coefficient (Wildman–Crippen LogP) is 2.70. The molecule has 4 nitrogen and oxygen atoms in total. The number of carbonyl (C=O) groups excluding carboxylic acids is 1. The highest BCUT2D eigenvalue weighted by Gasteiger charge is 2.16. The zero-order valence-electron chi connectivity index (χ0n) is 13.2. The maximum atomic E-state index is 10.6. The van der Waals surface area contributed by atoms with Gasteiger partial charge in [0.25, 0.3) is 0 Å². The Hall–Kier alpha value is -2.33. The first-order valence-corrected chi connectivity index (χ1v) is 8.05. The van der Waals surface area contributed by atoms with Gasteiger partial charge < -0.3 is 9.64 Å². The fraction of sp³-hybridized carbons (Fsp3) is 0.316. The van der Waals surface area contributed by atoms with E-state index in [0.717, 1.165) is 44.8 Å². The van der Waals surface area contributed by atoms with E-state index in [1.807, 2.05) is 12.1 Å². The lowest BCUT2D eigenvalue weighted by Gasteiger charge is -2.36. The van der Waals surface area contributed by atoms with Crippen molar-refractivity contribution in [3.05, 3.63) is 60.2 Å². The number of hydrogen-bond donors (Lipinski definition) is 0. The van der Waals surface area contributed by atoms with E-state index in [2.05, 4.69) is 40.1 Å². The van der Waals surface area contributed by atoms with Gasteiger partial charge in [0.15, 0.2) is 0 Å². The van der Waals surface area contributed by atoms with Crippen LogP contribution in [-0.4, -0.2) is 50.5 Å². The Balaban J connectivity index is 1.40. The van der Waals surface area contributed by atoms with Gasteiger partial charge in [0.05, 0.1) is 0 Å². The van der Waals surface area contributed by atoms with Gasteiger partial charge in [0.2, 0.25) is 0 Å². The lowest BCUT2D eigenvalue weighted by atomic mass is 10.2. The Bertz CT molecular complexity index is 605. The van der Waals surface area contributed by atoms with E-state index in [4.69, 9.17) is 4.74 Å². The van der Waals surface area contributed by atoms with Crippen LogP contribution >= 0.6 is 0 Å². The Labute approximate surface area is 137 Å². The summed E-state index contributed by atoms with van der Waals surface area (Å²) in [5.41, 5.74) is 1.98. The first-order valence-electron chi connectivity index (χ1n) is 8.05. The second kappa shape index (κ2) is 7.79. The van der Waals surface area contributed by atoms with Crippen LogP contribution in [0.25, 0.3) is 0 Å². The van der Waals surface area contributed by atoms with E-state index in [-0.39, 0.29) is 0 Å². The van der Waals surface area contributed by atoms with Crippen LogP contribution in [-0.2, 0) is 0 Å². The van der Waals surface area contributed by atoms with E-state index in [1.54, 1.807) is 12.1 Å². The minimum Gasteiger partial charge on any atom is -0.492 e. The second-order valence-corrected chi connectivity index (χ2v) is 5.70. The number of ether oxygens (including phenoxy) is 1. The smallest absolute Gasteiger partial charge is 0.150 e. The molecule has 0 spiro atoms. The summed E-state index contributed by atoms with van der Waals surface area (Å²) in [7, 11) is 0. The van der Waals surface area contributed by atoms with Gasteiger partial charge in [-0.15, -0.1) is 0 Å². The van der Waals surface area contributed by atoms with Crippen molar-refractivity contribution in [2.75, 3.05) is 44.2 Å². The molecule has 0 aliphatic carbocycles. The molecule has 4 heteroatoms. The summed E-state index contributed by atoms with van der Waals surface area (Å²) >= 11 is 0. The van der Waals surface area contributed by atoms with E-state index in [9.17, 15) is 4.79 Å². The van der Waals surface area contributed by atoms with Crippen molar-refractivity contribution in [1.82, 2.24) is 4.90 Å². The SMILES string of the molecule is O=Cc1ccc(OCCN2CCN(c3ccccc3)CC2)cc1. The van der Waals surface area contributed by atoms with E-state index < -0.39 is 0 Å². The van der Waals surface area contributed by atoms with Gasteiger partial charge in [0.1, 0.15) is 18.6 Å². The summed E-state index contributed by atoms with van der Waals surface area (Å²) < 4.78 is 5.75. The Morgan fingerprint density at radius 3 is 2.26 bits per heavy atom. The van der Waals surface area contributed by atoms with E-state index >= 15 is 0 Å². The normalized spacial score (nSPS) is 15.4. The maximum Gasteiger partial charge on any atom is 0.150 e. The number of piperazine rings is 1. The average Bonchev–Trinajstić information content (AvgIpc) is 2.64. The van der Waals surface area contributed by atoms with Crippen molar-refractivity contribution >= 4 is 12.0 Å². The predicted molar refractivity (Wildman–Crippen MR) is 92.4 cm³/mol. The van der Waals surface area contributed by atoms with Crippen LogP contribution in [0.3, 0.4) is 0 Å². The second-order valence-electron chi connectivity index (χ2n) is 5.70. The Kier molecular flexibility index (Phi) is 5.27. The molecule has 0 radical (unpaired) electrons. The van der Waals surface area contributed by atoms with Crippen LogP contribution in [0.15, 0.2) is 54.6 Å². The molecule has 3 rings (SSSR count). The zero-order chi connectivity index (χ0) is 15.9. The van der Waals surface area contributed by atoms with Crippen LogP contribution < -0.4 is 9.64 Å². The standard InChI is InChI=1S/C19H22N2O2/c22-16-17-6-8-19(9-7-17)23-15-14-20-10-12-21(13-11-20)18-4-2-1-3-5-18/h1-9,16H,10-15H2. The minimum atomic E-state index is 0.672. The number of anilines is 1. The third-order valence-electron chi connectivity index (χ3n) is 4.19. The number of hydrogen-bond acceptors (Lipinski definition) is 4. The molecule has 1 aliphatic heterocycles. The Morgan fingerprint density at radius 1 is 0.913 bits per heavy atom. The van der Waals surface area contributed by atoms with Gasteiger partial charge in [-0.1, -0.05) is 18.2 Å². The highest BCUT2D eigenvalue weighted by molar-refractivity contribution is 5.74. The molecule has 120 valence electrons. The molecule has 1 heterocycles. The molecule has 23 heavy (non-hydrogen) atoms. The van der Waals surface area contributed by atoms with Gasteiger partial charge in [0, 0.05) is 44.0 Å². The summed E-state index contributed by atoms with van der Waals surface area (Å²) in [6, 6.07) is 17.8. The molecule has 0 atom stereocenters. The number of rotatable bonds is 6. The van der Waals surface area contributed by atoms with Gasteiger partial charge in [-0.2, -0.15) is 0 Å². The molecule has 2 aromatic rings. The van der Waals surface area contributed by atoms with Crippen LogP contribution in [0.1, 0.15) is 10.4 Å². The zero-order valence-corrected chi connectivity index (χ0v) is 13.2. The fourth-order valence-corrected chi connectivity index (χ4v) is 2.80. The molecule has 1 saturated heterocycles. The quantitative estimate of drug-likeness (QED) is 0.768. The van der Waals surface area contributed by atoms with Crippen LogP contribution in [0.2, 0.25) is 0 Å². The van der Waals surface area contributed by atoms with Crippen LogP contribution in [0.4, 0.5) is 5.69 Å². The Morgan fingerprint density at radius 2 is 1.61 bits per heavy atom. The molecule has 1 aliphatic rings. The van der Waals surface area contributed by atoms with Gasteiger partial charge >= 0.3 is 0 Å². The molecule has 0 saturated carbocycles. The van der Waals surface area contributed by atoms with Crippen molar-refractivity contribution in [3.63, 3.8) is 0 Å². The van der Waals surface area contributed by atoms with Crippen molar-refractivity contribution in [2.24, 2.45) is 0 Å². The number of para-hydroxylation sites is 1. The third kappa shape index (κ3) is 4.33. The van der Waals surface area contributed by atoms with Gasteiger partial charge in [-0.25, -0.2) is 0 Å². The summed E-state index contributed by atoms with van der Waals surface area (Å²) in [5.74, 6) is 0.818. The number of benzene rings is 2. The molecule has 0 unspecified atom stereocenters. The van der Waals surface area contributed by atoms with Crippen molar-refractivity contribution in [2.45, 2.75) is 0 Å². The number of aldehydes is 1. The topological polar surface area (TPSA) is 32.8 Å². The van der Waals surface area contributed by atoms with Crippen molar-refractivity contribution in [1.29, 1.82) is 0 Å². The van der Waals surface area contributed by atoms with Gasteiger partial charge in [-0.05, 0) is 36.4 Å². The van der Waals surface area contributed by atoms with E-state index in [0.29, 0.717) is 12.2 Å². The monoisotopic (exact) mass is 310 g/mol. The van der Waals surface area contributed by atoms with Gasteiger partial charge in [-0.3, -0.25) is 9.69 Å². The summed E-state index contributed by atoms with van der Waals surface area (Å²) in [6.45, 7) is 5.82. The molecule has 1 fully saturated rings. The summed E-state index contributed by atoms with van der Waals surface area (Å²) in [4.78, 5) is 15.5. The first kappa shape index (κ1) is 15.6. The molecular formula is C19H22N2O2. The molecule has 2 aromatic carbocycles. The first-order chi connectivity index (χ1) is 11.3. The highest BCUT2D eigenvalue weighted by atomic mass is 16.5. The largest absolute Gasteiger partial charge is 0.492 e. The number of carbonyl (C=O) groups is 1. The maximum absolute atomic E-state index is 10.6.